The highest BCUT2D eigenvalue weighted by atomic mass is 16.5. The fraction of sp³-hybridized carbons (Fsp3) is 0.722. The molecule has 0 saturated heterocycles. The van der Waals surface area contributed by atoms with Gasteiger partial charge in [-0.3, -0.25) is 4.79 Å². The number of nitrogens with one attached hydrogen (secondary N) is 1. The number of hydrogen-bond acceptors (Lipinski definition) is 2. The quantitative estimate of drug-likeness (QED) is 0.379. The van der Waals surface area contributed by atoms with Gasteiger partial charge in [0.25, 0.3) is 0 Å². The smallest absolute Gasteiger partial charge is 0.312 e. The standard InChI is InChI=1S/C18H31NO2/c1-2-3-4-5-6-7-8-9-10-11-12-15-18(20)21-17-14-13-16-19-17/h13-14,16,19H,2-12,15H2,1H3. The van der Waals surface area contributed by atoms with Crippen LogP contribution in [0.2, 0.25) is 0 Å². The minimum absolute atomic E-state index is 0.131. The molecular formula is C18H31NO2. The average Bonchev–Trinajstić information content (AvgIpc) is 2.97. The maximum Gasteiger partial charge on any atom is 0.312 e. The van der Waals surface area contributed by atoms with E-state index in [1.54, 1.807) is 12.3 Å². The SMILES string of the molecule is CCCCCCCCCCCCCC(=O)Oc1ccc[nH]1. The summed E-state index contributed by atoms with van der Waals surface area (Å²) in [4.78, 5) is 14.4. The lowest BCUT2D eigenvalue weighted by molar-refractivity contribution is -0.134. The molecule has 0 radical (unpaired) electrons. The second-order valence-corrected chi connectivity index (χ2v) is 5.79. The zero-order valence-corrected chi connectivity index (χ0v) is 13.5. The molecule has 1 aromatic rings. The number of esters is 1. The van der Waals surface area contributed by atoms with E-state index >= 15 is 0 Å². The third-order valence-electron chi connectivity index (χ3n) is 3.78. The van der Waals surface area contributed by atoms with Crippen LogP contribution in [-0.2, 0) is 4.79 Å². The van der Waals surface area contributed by atoms with E-state index in [1.807, 2.05) is 6.07 Å². The van der Waals surface area contributed by atoms with E-state index in [-0.39, 0.29) is 5.97 Å². The normalized spacial score (nSPS) is 10.7. The van der Waals surface area contributed by atoms with Crippen LogP contribution in [0.5, 0.6) is 5.88 Å². The molecule has 0 atom stereocenters. The molecule has 0 amide bonds. The first-order valence-electron chi connectivity index (χ1n) is 8.67. The molecule has 0 aliphatic heterocycles. The van der Waals surface area contributed by atoms with Crippen LogP contribution in [0.4, 0.5) is 0 Å². The zero-order valence-electron chi connectivity index (χ0n) is 13.5. The largest absolute Gasteiger partial charge is 0.410 e. The van der Waals surface area contributed by atoms with Crippen LogP contribution in [0.15, 0.2) is 18.3 Å². The highest BCUT2D eigenvalue weighted by Crippen LogP contribution is 2.12. The highest BCUT2D eigenvalue weighted by Gasteiger charge is 2.04. The first kappa shape index (κ1) is 17.8. The van der Waals surface area contributed by atoms with E-state index in [4.69, 9.17) is 4.74 Å². The Morgan fingerprint density at radius 3 is 2.05 bits per heavy atom. The van der Waals surface area contributed by atoms with Gasteiger partial charge in [-0.25, -0.2) is 0 Å². The van der Waals surface area contributed by atoms with Crippen molar-refractivity contribution in [2.45, 2.75) is 84.0 Å². The third-order valence-corrected chi connectivity index (χ3v) is 3.78. The number of carbonyl (C=O) groups excluding carboxylic acids is 1. The second-order valence-electron chi connectivity index (χ2n) is 5.79. The van der Waals surface area contributed by atoms with Crippen LogP contribution >= 0.6 is 0 Å². The van der Waals surface area contributed by atoms with Crippen molar-refractivity contribution in [2.75, 3.05) is 0 Å². The fourth-order valence-electron chi connectivity index (χ4n) is 2.48. The maximum atomic E-state index is 11.5. The number of unbranched alkanes of at least 4 members (excludes halogenated alkanes) is 10. The molecule has 21 heavy (non-hydrogen) atoms. The Bertz CT molecular complexity index is 346. The Morgan fingerprint density at radius 1 is 0.952 bits per heavy atom. The summed E-state index contributed by atoms with van der Waals surface area (Å²) in [5, 5.41) is 0. The zero-order chi connectivity index (χ0) is 15.2. The summed E-state index contributed by atoms with van der Waals surface area (Å²) in [5.74, 6) is 0.413. The van der Waals surface area contributed by atoms with Gasteiger partial charge in [-0.1, -0.05) is 71.1 Å². The molecule has 120 valence electrons. The molecule has 0 saturated carbocycles. The van der Waals surface area contributed by atoms with E-state index in [1.165, 1.54) is 57.8 Å². The number of ether oxygens (including phenoxy) is 1. The number of aromatic nitrogens is 1. The van der Waals surface area contributed by atoms with E-state index in [0.29, 0.717) is 12.3 Å². The monoisotopic (exact) mass is 293 g/mol. The Labute approximate surface area is 129 Å². The van der Waals surface area contributed by atoms with E-state index in [0.717, 1.165) is 12.8 Å². The molecule has 0 aliphatic rings. The van der Waals surface area contributed by atoms with Gasteiger partial charge in [0, 0.05) is 18.7 Å². The van der Waals surface area contributed by atoms with Gasteiger partial charge in [-0.05, 0) is 12.5 Å². The number of rotatable bonds is 13. The van der Waals surface area contributed by atoms with Gasteiger partial charge in [0.2, 0.25) is 5.88 Å². The van der Waals surface area contributed by atoms with E-state index < -0.39 is 0 Å². The minimum atomic E-state index is -0.131. The van der Waals surface area contributed by atoms with E-state index in [2.05, 4.69) is 11.9 Å². The van der Waals surface area contributed by atoms with Crippen molar-refractivity contribution in [3.05, 3.63) is 18.3 Å². The number of H-pyrrole nitrogens is 1. The Morgan fingerprint density at radius 2 is 1.52 bits per heavy atom. The third kappa shape index (κ3) is 10.2. The summed E-state index contributed by atoms with van der Waals surface area (Å²) in [5.41, 5.74) is 0. The highest BCUT2D eigenvalue weighted by molar-refractivity contribution is 5.71. The Hall–Kier alpha value is -1.25. The molecule has 1 heterocycles. The number of aromatic amines is 1. The Kier molecular flexibility index (Phi) is 10.6. The van der Waals surface area contributed by atoms with Gasteiger partial charge in [0.05, 0.1) is 0 Å². The molecule has 3 nitrogen and oxygen atoms in total. The van der Waals surface area contributed by atoms with Gasteiger partial charge in [0.1, 0.15) is 0 Å². The van der Waals surface area contributed by atoms with Gasteiger partial charge >= 0.3 is 5.97 Å². The van der Waals surface area contributed by atoms with Crippen LogP contribution in [0, 0.1) is 0 Å². The van der Waals surface area contributed by atoms with Crippen LogP contribution in [0.25, 0.3) is 0 Å². The van der Waals surface area contributed by atoms with Crippen molar-refractivity contribution in [1.82, 2.24) is 4.98 Å². The first-order valence-corrected chi connectivity index (χ1v) is 8.67. The van der Waals surface area contributed by atoms with E-state index in [9.17, 15) is 4.79 Å². The molecular weight excluding hydrogens is 262 g/mol. The van der Waals surface area contributed by atoms with Gasteiger partial charge in [-0.15, -0.1) is 0 Å². The summed E-state index contributed by atoms with van der Waals surface area (Å²) in [6.45, 7) is 2.26. The Balaban J connectivity index is 1.81. The molecule has 0 fully saturated rings. The number of hydrogen-bond donors (Lipinski definition) is 1. The number of carbonyl (C=O) groups is 1. The molecule has 0 bridgehead atoms. The van der Waals surface area contributed by atoms with Crippen molar-refractivity contribution in [3.8, 4) is 5.88 Å². The lowest BCUT2D eigenvalue weighted by atomic mass is 10.1. The van der Waals surface area contributed by atoms with Crippen LogP contribution in [-0.4, -0.2) is 11.0 Å². The van der Waals surface area contributed by atoms with Crippen molar-refractivity contribution in [1.29, 1.82) is 0 Å². The van der Waals surface area contributed by atoms with Crippen LogP contribution < -0.4 is 4.74 Å². The summed E-state index contributed by atoms with van der Waals surface area (Å²) in [6, 6.07) is 3.59. The molecule has 0 unspecified atom stereocenters. The van der Waals surface area contributed by atoms with Crippen molar-refractivity contribution in [3.63, 3.8) is 0 Å². The molecule has 1 aromatic heterocycles. The molecule has 1 rings (SSSR count). The van der Waals surface area contributed by atoms with Gasteiger partial charge in [-0.2, -0.15) is 0 Å². The summed E-state index contributed by atoms with van der Waals surface area (Å²) < 4.78 is 5.15. The molecule has 1 N–H and O–H groups in total. The summed E-state index contributed by atoms with van der Waals surface area (Å²) >= 11 is 0. The lowest BCUT2D eigenvalue weighted by Crippen LogP contribution is -2.07. The molecule has 3 heteroatoms. The van der Waals surface area contributed by atoms with Gasteiger partial charge < -0.3 is 9.72 Å². The minimum Gasteiger partial charge on any atom is -0.410 e. The predicted molar refractivity (Wildman–Crippen MR) is 87.5 cm³/mol. The topological polar surface area (TPSA) is 42.1 Å². The van der Waals surface area contributed by atoms with Crippen LogP contribution in [0.3, 0.4) is 0 Å². The van der Waals surface area contributed by atoms with Crippen molar-refractivity contribution in [2.24, 2.45) is 0 Å². The molecule has 0 spiro atoms. The molecule has 0 aliphatic carbocycles. The predicted octanol–water partition coefficient (Wildman–Crippen LogP) is 5.62. The maximum absolute atomic E-state index is 11.5. The van der Waals surface area contributed by atoms with Crippen molar-refractivity contribution < 1.29 is 9.53 Å². The molecule has 0 aromatic carbocycles. The first-order chi connectivity index (χ1) is 10.3. The fourth-order valence-corrected chi connectivity index (χ4v) is 2.48. The summed E-state index contributed by atoms with van der Waals surface area (Å²) in [7, 11) is 0. The average molecular weight is 293 g/mol. The van der Waals surface area contributed by atoms with Crippen LogP contribution in [0.1, 0.15) is 84.0 Å². The second kappa shape index (κ2) is 12.5. The summed E-state index contributed by atoms with van der Waals surface area (Å²) in [6.07, 6.45) is 16.5. The van der Waals surface area contributed by atoms with Crippen molar-refractivity contribution >= 4 is 5.97 Å². The lowest BCUT2D eigenvalue weighted by Gasteiger charge is -2.03. The van der Waals surface area contributed by atoms with Gasteiger partial charge in [0.15, 0.2) is 0 Å².